The first kappa shape index (κ1) is 27.3. The molecule has 4 rings (SSSR count). The lowest BCUT2D eigenvalue weighted by Crippen LogP contribution is -2.39. The molecular formula is C28H27N5O5S. The average molecular weight is 546 g/mol. The molecule has 0 saturated carbocycles. The number of benzene rings is 3. The van der Waals surface area contributed by atoms with E-state index in [9.17, 15) is 23.3 Å². The molecule has 1 amide bonds. The van der Waals surface area contributed by atoms with Crippen molar-refractivity contribution in [1.82, 2.24) is 9.99 Å². The van der Waals surface area contributed by atoms with E-state index in [2.05, 4.69) is 15.1 Å². The number of anilines is 1. The van der Waals surface area contributed by atoms with Gasteiger partial charge in [-0.25, -0.2) is 13.8 Å². The quantitative estimate of drug-likeness (QED) is 0.186. The van der Waals surface area contributed by atoms with Crippen molar-refractivity contribution in [3.05, 3.63) is 118 Å². The van der Waals surface area contributed by atoms with Gasteiger partial charge in [-0.1, -0.05) is 36.4 Å². The molecule has 3 aromatic carbocycles. The zero-order valence-corrected chi connectivity index (χ0v) is 22.4. The van der Waals surface area contributed by atoms with Gasteiger partial charge < -0.3 is 4.57 Å². The van der Waals surface area contributed by atoms with Gasteiger partial charge in [0.25, 0.3) is 21.6 Å². The van der Waals surface area contributed by atoms with E-state index in [0.717, 1.165) is 32.5 Å². The summed E-state index contributed by atoms with van der Waals surface area (Å²) in [7, 11) is -4.16. The summed E-state index contributed by atoms with van der Waals surface area (Å²) in [5.74, 6) is -0.683. The van der Waals surface area contributed by atoms with Gasteiger partial charge in [-0.2, -0.15) is 5.10 Å². The normalized spacial score (nSPS) is 11.5. The first-order valence-electron chi connectivity index (χ1n) is 12.0. The number of hydrazone groups is 1. The lowest BCUT2D eigenvalue weighted by atomic mass is 10.2. The van der Waals surface area contributed by atoms with Crippen molar-refractivity contribution in [2.45, 2.75) is 25.7 Å². The third-order valence-corrected chi connectivity index (χ3v) is 7.97. The van der Waals surface area contributed by atoms with E-state index < -0.39 is 27.4 Å². The molecule has 1 heterocycles. The number of nitro groups is 1. The lowest BCUT2D eigenvalue weighted by Gasteiger charge is -2.23. The minimum atomic E-state index is -4.16. The monoisotopic (exact) mass is 545 g/mol. The van der Waals surface area contributed by atoms with Crippen molar-refractivity contribution in [1.29, 1.82) is 0 Å². The fraction of sp³-hybridized carbons (Fsp3) is 0.143. The fourth-order valence-electron chi connectivity index (χ4n) is 4.22. The number of carbonyl (C=O) groups is 1. The Morgan fingerprint density at radius 2 is 1.64 bits per heavy atom. The van der Waals surface area contributed by atoms with Crippen molar-refractivity contribution >= 4 is 33.5 Å². The van der Waals surface area contributed by atoms with E-state index in [1.54, 1.807) is 18.2 Å². The zero-order chi connectivity index (χ0) is 28.2. The Morgan fingerprint density at radius 1 is 1.00 bits per heavy atom. The van der Waals surface area contributed by atoms with Crippen LogP contribution < -0.4 is 9.73 Å². The maximum atomic E-state index is 13.4. The molecule has 0 fully saturated rings. The van der Waals surface area contributed by atoms with Crippen molar-refractivity contribution in [3.8, 4) is 5.69 Å². The number of hydrogen-bond donors (Lipinski definition) is 1. The Kier molecular flexibility index (Phi) is 7.91. The number of non-ortho nitro benzene ring substituents is 1. The number of sulfonamides is 1. The molecular weight excluding hydrogens is 518 g/mol. The molecule has 0 aliphatic carbocycles. The van der Waals surface area contributed by atoms with Crippen molar-refractivity contribution in [2.75, 3.05) is 10.8 Å². The van der Waals surface area contributed by atoms with Crippen LogP contribution in [0.1, 0.15) is 22.5 Å². The first-order valence-corrected chi connectivity index (χ1v) is 13.4. The van der Waals surface area contributed by atoms with Gasteiger partial charge in [0, 0.05) is 34.8 Å². The second-order valence-corrected chi connectivity index (χ2v) is 10.7. The van der Waals surface area contributed by atoms with Gasteiger partial charge in [0.2, 0.25) is 0 Å². The summed E-state index contributed by atoms with van der Waals surface area (Å²) in [5.41, 5.74) is 7.17. The molecule has 1 aromatic heterocycles. The van der Waals surface area contributed by atoms with E-state index in [0.29, 0.717) is 0 Å². The standard InChI is InChI=1S/C28H27N5O5S/c1-20-9-7-8-12-27(20)32-21(2)17-23(22(32)3)18-29-30-28(34)19-31(24-13-15-25(16-14-24)33(35)36)39(37,38)26-10-5-4-6-11-26/h4-18H,19H2,1-3H3,(H,30,34)/b29-18+. The highest BCUT2D eigenvalue weighted by molar-refractivity contribution is 7.92. The highest BCUT2D eigenvalue weighted by Gasteiger charge is 2.27. The molecule has 0 aliphatic rings. The Labute approximate surface area is 226 Å². The lowest BCUT2D eigenvalue weighted by molar-refractivity contribution is -0.384. The van der Waals surface area contributed by atoms with Gasteiger partial charge >= 0.3 is 0 Å². The van der Waals surface area contributed by atoms with E-state index >= 15 is 0 Å². The van der Waals surface area contributed by atoms with Gasteiger partial charge in [-0.3, -0.25) is 19.2 Å². The Balaban J connectivity index is 1.56. The number of para-hydroxylation sites is 1. The number of hydrogen-bond acceptors (Lipinski definition) is 6. The van der Waals surface area contributed by atoms with Crippen molar-refractivity contribution in [2.24, 2.45) is 5.10 Å². The molecule has 1 N–H and O–H groups in total. The van der Waals surface area contributed by atoms with Gasteiger partial charge in [-0.15, -0.1) is 0 Å². The molecule has 0 radical (unpaired) electrons. The predicted molar refractivity (Wildman–Crippen MR) is 150 cm³/mol. The van der Waals surface area contributed by atoms with E-state index in [4.69, 9.17) is 0 Å². The fourth-order valence-corrected chi connectivity index (χ4v) is 5.66. The molecule has 200 valence electrons. The highest BCUT2D eigenvalue weighted by atomic mass is 32.2. The van der Waals surface area contributed by atoms with Crippen LogP contribution in [0.25, 0.3) is 5.69 Å². The SMILES string of the molecule is Cc1ccccc1-n1c(C)cc(/C=N/NC(=O)CN(c2ccc([N+](=O)[O-])cc2)S(=O)(=O)c2ccccc2)c1C. The van der Waals surface area contributed by atoms with E-state index in [1.807, 2.05) is 51.1 Å². The van der Waals surface area contributed by atoms with Crippen LogP contribution in [-0.4, -0.2) is 36.6 Å². The molecule has 10 nitrogen and oxygen atoms in total. The van der Waals surface area contributed by atoms with Crippen LogP contribution in [0.15, 0.2) is 94.9 Å². The molecule has 11 heteroatoms. The number of nitrogens with one attached hydrogen (secondary N) is 1. The number of nitro benzene ring substituents is 1. The van der Waals surface area contributed by atoms with E-state index in [-0.39, 0.29) is 16.3 Å². The number of carbonyl (C=O) groups excluding carboxylic acids is 1. The molecule has 0 spiro atoms. The minimum Gasteiger partial charge on any atom is -0.318 e. The summed E-state index contributed by atoms with van der Waals surface area (Å²) < 4.78 is 29.8. The minimum absolute atomic E-state index is 0.0247. The largest absolute Gasteiger partial charge is 0.318 e. The summed E-state index contributed by atoms with van der Waals surface area (Å²) in [6, 6.07) is 22.5. The Morgan fingerprint density at radius 3 is 2.28 bits per heavy atom. The third kappa shape index (κ3) is 5.88. The smallest absolute Gasteiger partial charge is 0.269 e. The number of amides is 1. The Bertz CT molecular complexity index is 1650. The molecule has 39 heavy (non-hydrogen) atoms. The molecule has 4 aromatic rings. The van der Waals surface area contributed by atoms with Crippen LogP contribution >= 0.6 is 0 Å². The molecule has 0 unspecified atom stereocenters. The van der Waals surface area contributed by atoms with E-state index in [1.165, 1.54) is 42.6 Å². The van der Waals surface area contributed by atoms with Crippen molar-refractivity contribution in [3.63, 3.8) is 0 Å². The van der Waals surface area contributed by atoms with Gasteiger partial charge in [0.1, 0.15) is 6.54 Å². The summed E-state index contributed by atoms with van der Waals surface area (Å²) >= 11 is 0. The maximum Gasteiger partial charge on any atom is 0.269 e. The van der Waals surface area contributed by atoms with Gasteiger partial charge in [-0.05, 0) is 62.7 Å². The number of rotatable bonds is 9. The molecule has 0 bridgehead atoms. The zero-order valence-electron chi connectivity index (χ0n) is 21.6. The number of aromatic nitrogens is 1. The van der Waals surface area contributed by atoms with Crippen LogP contribution in [0.5, 0.6) is 0 Å². The summed E-state index contributed by atoms with van der Waals surface area (Å²) in [4.78, 5) is 23.3. The second kappa shape index (κ2) is 11.3. The van der Waals surface area contributed by atoms with Crippen LogP contribution in [0, 0.1) is 30.9 Å². The van der Waals surface area contributed by atoms with Gasteiger partial charge in [0.15, 0.2) is 0 Å². The summed E-state index contributed by atoms with van der Waals surface area (Å²) in [6.45, 7) is 5.37. The molecule has 0 atom stereocenters. The summed E-state index contributed by atoms with van der Waals surface area (Å²) in [5, 5.41) is 15.1. The van der Waals surface area contributed by atoms with Crippen LogP contribution in [0.4, 0.5) is 11.4 Å². The maximum absolute atomic E-state index is 13.4. The van der Waals surface area contributed by atoms with Gasteiger partial charge in [0.05, 0.1) is 21.7 Å². The molecule has 0 aliphatic heterocycles. The second-order valence-electron chi connectivity index (χ2n) is 8.84. The topological polar surface area (TPSA) is 127 Å². The highest BCUT2D eigenvalue weighted by Crippen LogP contribution is 2.26. The Hall–Kier alpha value is -4.77. The van der Waals surface area contributed by atoms with Crippen LogP contribution in [0.3, 0.4) is 0 Å². The first-order chi connectivity index (χ1) is 18.6. The van der Waals surface area contributed by atoms with Crippen LogP contribution in [0.2, 0.25) is 0 Å². The number of aryl methyl sites for hydroxylation is 2. The average Bonchev–Trinajstić information content (AvgIpc) is 3.20. The number of nitrogens with zero attached hydrogens (tertiary/aromatic N) is 4. The summed E-state index contributed by atoms with van der Waals surface area (Å²) in [6.07, 6.45) is 1.51. The third-order valence-electron chi connectivity index (χ3n) is 6.19. The van der Waals surface area contributed by atoms with Crippen LogP contribution in [-0.2, 0) is 14.8 Å². The molecule has 0 saturated heterocycles. The predicted octanol–water partition coefficient (Wildman–Crippen LogP) is 4.66. The van der Waals surface area contributed by atoms with Crippen molar-refractivity contribution < 1.29 is 18.1 Å².